The Bertz CT molecular complexity index is 193. The van der Waals surface area contributed by atoms with Crippen molar-refractivity contribution in [2.75, 3.05) is 0 Å². The van der Waals surface area contributed by atoms with Crippen molar-refractivity contribution in [1.29, 1.82) is 0 Å². The lowest BCUT2D eigenvalue weighted by Gasteiger charge is -2.22. The average Bonchev–Trinajstić information content (AvgIpc) is 1.82. The summed E-state index contributed by atoms with van der Waals surface area (Å²) >= 11 is 0. The van der Waals surface area contributed by atoms with E-state index in [1.54, 1.807) is 5.32 Å². The lowest BCUT2D eigenvalue weighted by atomic mass is 10.3. The fourth-order valence-corrected chi connectivity index (χ4v) is 0.528. The van der Waals surface area contributed by atoms with Crippen LogP contribution in [-0.2, 0) is 4.79 Å². The molecule has 1 rings (SSSR count). The number of aliphatic imine (C=N–C) groups is 1. The van der Waals surface area contributed by atoms with E-state index in [-0.39, 0.29) is 0 Å². The smallest absolute Gasteiger partial charge is 0.264 e. The molecule has 0 aliphatic carbocycles. The topological polar surface area (TPSA) is 84.8 Å². The second kappa shape index (κ2) is 2.22. The fraction of sp³-hybridized carbons (Fsp3) is 0.500. The molecule has 0 saturated carbocycles. The molecule has 1 aliphatic rings. The third kappa shape index (κ3) is 1.06. The Morgan fingerprint density at radius 3 is 2.90 bits per heavy atom. The number of nitrogens with one attached hydrogen (secondary N) is 1. The van der Waals surface area contributed by atoms with Crippen LogP contribution in [0.1, 0.15) is 0 Å². The van der Waals surface area contributed by atoms with Gasteiger partial charge < -0.3 is 15.5 Å². The number of halogens is 1. The molecule has 0 aromatic heterocycles. The minimum atomic E-state index is -2.13. The molecular formula is C4H4FN2O3-. The fourth-order valence-electron chi connectivity index (χ4n) is 0.528. The minimum absolute atomic E-state index is 1.01. The molecule has 0 bridgehead atoms. The van der Waals surface area contributed by atoms with Crippen LogP contribution in [0.2, 0.25) is 0 Å². The van der Waals surface area contributed by atoms with Gasteiger partial charge in [-0.15, -0.1) is 0 Å². The first kappa shape index (κ1) is 6.94. The second-order valence-electron chi connectivity index (χ2n) is 1.74. The van der Waals surface area contributed by atoms with Crippen molar-refractivity contribution in [1.82, 2.24) is 5.32 Å². The van der Waals surface area contributed by atoms with Crippen molar-refractivity contribution < 1.29 is 19.4 Å². The zero-order valence-electron chi connectivity index (χ0n) is 4.74. The van der Waals surface area contributed by atoms with Crippen LogP contribution in [0.5, 0.6) is 0 Å². The minimum Gasteiger partial charge on any atom is -0.846 e. The highest BCUT2D eigenvalue weighted by molar-refractivity contribution is 5.97. The lowest BCUT2D eigenvalue weighted by molar-refractivity contribution is -0.225. The summed E-state index contributed by atoms with van der Waals surface area (Å²) in [7, 11) is 0. The van der Waals surface area contributed by atoms with Gasteiger partial charge in [-0.1, -0.05) is 0 Å². The summed E-state index contributed by atoms with van der Waals surface area (Å²) in [5, 5.41) is 20.3. The van der Waals surface area contributed by atoms with E-state index >= 15 is 0 Å². The van der Waals surface area contributed by atoms with Crippen LogP contribution in [-0.4, -0.2) is 29.4 Å². The number of amides is 1. The number of aliphatic hydroxyl groups is 1. The van der Waals surface area contributed by atoms with Crippen LogP contribution in [0.25, 0.3) is 0 Å². The van der Waals surface area contributed by atoms with Crippen LogP contribution in [0.4, 0.5) is 4.39 Å². The maximum atomic E-state index is 12.2. The van der Waals surface area contributed by atoms with Gasteiger partial charge >= 0.3 is 0 Å². The molecule has 0 spiro atoms. The normalized spacial score (nSPS) is 33.0. The van der Waals surface area contributed by atoms with Gasteiger partial charge in [0.2, 0.25) is 6.17 Å². The maximum absolute atomic E-state index is 12.2. The number of alkyl halides is 1. The summed E-state index contributed by atoms with van der Waals surface area (Å²) in [6.07, 6.45) is -3.97. The summed E-state index contributed by atoms with van der Waals surface area (Å²) in [6.45, 7) is 0. The summed E-state index contributed by atoms with van der Waals surface area (Å²) in [6, 6.07) is -1.01. The highest BCUT2D eigenvalue weighted by atomic mass is 19.1. The van der Waals surface area contributed by atoms with E-state index in [1.165, 1.54) is 0 Å². The zero-order chi connectivity index (χ0) is 7.72. The Balaban J connectivity index is 2.79. The first-order valence-corrected chi connectivity index (χ1v) is 2.49. The van der Waals surface area contributed by atoms with E-state index < -0.39 is 24.3 Å². The van der Waals surface area contributed by atoms with E-state index in [1.807, 2.05) is 0 Å². The number of carbonyl (C=O) groups is 1. The van der Waals surface area contributed by atoms with Crippen LogP contribution in [0.15, 0.2) is 4.99 Å². The third-order valence-corrected chi connectivity index (χ3v) is 0.992. The molecule has 0 aromatic rings. The largest absolute Gasteiger partial charge is 0.846 e. The predicted octanol–water partition coefficient (Wildman–Crippen LogP) is -2.51. The SMILES string of the molecule is O=C1NC([O-])=N[C@@H](O)[C@H]1F. The molecule has 1 heterocycles. The lowest BCUT2D eigenvalue weighted by Crippen LogP contribution is -2.51. The molecular weight excluding hydrogens is 143 g/mol. The number of rotatable bonds is 0. The van der Waals surface area contributed by atoms with Gasteiger partial charge in [-0.05, 0) is 0 Å². The van der Waals surface area contributed by atoms with Gasteiger partial charge in [-0.3, -0.25) is 4.79 Å². The molecule has 0 fully saturated rings. The number of nitrogens with zero attached hydrogens (tertiary/aromatic N) is 1. The van der Waals surface area contributed by atoms with E-state index in [9.17, 15) is 14.3 Å². The molecule has 0 saturated heterocycles. The molecule has 5 nitrogen and oxygen atoms in total. The van der Waals surface area contributed by atoms with E-state index in [0.717, 1.165) is 0 Å². The molecule has 0 aromatic carbocycles. The first-order valence-electron chi connectivity index (χ1n) is 2.49. The van der Waals surface area contributed by atoms with Gasteiger partial charge in [-0.2, -0.15) is 0 Å². The number of hydrogen-bond acceptors (Lipinski definition) is 4. The first-order chi connectivity index (χ1) is 4.61. The van der Waals surface area contributed by atoms with Crippen LogP contribution >= 0.6 is 0 Å². The molecule has 1 aliphatic heterocycles. The van der Waals surface area contributed by atoms with Crippen molar-refractivity contribution in [2.24, 2.45) is 4.99 Å². The van der Waals surface area contributed by atoms with Crippen molar-refractivity contribution in [3.8, 4) is 0 Å². The van der Waals surface area contributed by atoms with Gasteiger partial charge in [-0.25, -0.2) is 9.38 Å². The number of hydrogen-bond donors (Lipinski definition) is 2. The third-order valence-electron chi connectivity index (χ3n) is 0.992. The van der Waals surface area contributed by atoms with Crippen LogP contribution < -0.4 is 10.4 Å². The Labute approximate surface area is 55.2 Å². The standard InChI is InChI=1S/C4H5FN2O3/c5-1-2(8)6-4(10)7-3(1)9/h1-2,8H,(H2,6,7,9,10)/p-1/t1-,2+/m1/s1. The Morgan fingerprint density at radius 1 is 1.80 bits per heavy atom. The van der Waals surface area contributed by atoms with Crippen molar-refractivity contribution >= 4 is 11.9 Å². The number of amidine groups is 1. The quantitative estimate of drug-likeness (QED) is 0.397. The molecule has 2 N–H and O–H groups in total. The van der Waals surface area contributed by atoms with E-state index in [2.05, 4.69) is 4.99 Å². The van der Waals surface area contributed by atoms with Crippen molar-refractivity contribution in [2.45, 2.75) is 12.4 Å². The highest BCUT2D eigenvalue weighted by Crippen LogP contribution is 2.03. The Morgan fingerprint density at radius 2 is 2.40 bits per heavy atom. The molecule has 56 valence electrons. The molecule has 0 radical (unpaired) electrons. The summed E-state index contributed by atoms with van der Waals surface area (Å²) < 4.78 is 12.2. The van der Waals surface area contributed by atoms with Gasteiger partial charge in [0, 0.05) is 0 Å². The molecule has 10 heavy (non-hydrogen) atoms. The number of carbonyl (C=O) groups excluding carboxylic acids is 1. The van der Waals surface area contributed by atoms with Gasteiger partial charge in [0.15, 0.2) is 6.23 Å². The Hall–Kier alpha value is -1.17. The van der Waals surface area contributed by atoms with Crippen molar-refractivity contribution in [3.05, 3.63) is 0 Å². The highest BCUT2D eigenvalue weighted by Gasteiger charge is 2.28. The maximum Gasteiger partial charge on any atom is 0.264 e. The van der Waals surface area contributed by atoms with Gasteiger partial charge in [0.25, 0.3) is 5.91 Å². The molecule has 1 amide bonds. The number of aliphatic hydroxyl groups excluding tert-OH is 1. The van der Waals surface area contributed by atoms with E-state index in [0.29, 0.717) is 0 Å². The predicted molar refractivity (Wildman–Crippen MR) is 26.5 cm³/mol. The zero-order valence-corrected chi connectivity index (χ0v) is 4.74. The van der Waals surface area contributed by atoms with Gasteiger partial charge in [0.1, 0.15) is 0 Å². The summed E-state index contributed by atoms with van der Waals surface area (Å²) in [5.74, 6) is -1.15. The van der Waals surface area contributed by atoms with Crippen LogP contribution in [0.3, 0.4) is 0 Å². The van der Waals surface area contributed by atoms with Crippen LogP contribution in [0, 0.1) is 0 Å². The average molecular weight is 147 g/mol. The summed E-state index contributed by atoms with van der Waals surface area (Å²) in [5.41, 5.74) is 0. The second-order valence-corrected chi connectivity index (χ2v) is 1.74. The van der Waals surface area contributed by atoms with Gasteiger partial charge in [0.05, 0.1) is 6.02 Å². The molecule has 2 atom stereocenters. The monoisotopic (exact) mass is 147 g/mol. The Kier molecular flexibility index (Phi) is 1.54. The van der Waals surface area contributed by atoms with E-state index in [4.69, 9.17) is 5.11 Å². The molecule has 0 unspecified atom stereocenters. The van der Waals surface area contributed by atoms with Crippen molar-refractivity contribution in [3.63, 3.8) is 0 Å². The molecule has 6 heteroatoms. The summed E-state index contributed by atoms with van der Waals surface area (Å²) in [4.78, 5) is 13.1.